The number of hydrogen-bond acceptors (Lipinski definition) is 5. The van der Waals surface area contributed by atoms with Crippen molar-refractivity contribution in [1.82, 2.24) is 4.90 Å². The Hall–Kier alpha value is -2.59. The van der Waals surface area contributed by atoms with Crippen LogP contribution in [0.5, 0.6) is 0 Å². The molecular formula is C22H28F2N4O4. The third-order valence-electron chi connectivity index (χ3n) is 6.37. The first-order valence-electron chi connectivity index (χ1n) is 11.0. The van der Waals surface area contributed by atoms with E-state index in [-0.39, 0.29) is 42.7 Å². The Morgan fingerprint density at radius 3 is 2.56 bits per heavy atom. The lowest BCUT2D eigenvalue weighted by atomic mass is 9.89. The SMILES string of the molecule is NC(=O)[C@H](C(=O)Nc1ccc(N2CCOCC2=O)c(C(F)F)c1)N(CC1CC1)C1CCC1. The zero-order valence-corrected chi connectivity index (χ0v) is 17.8. The molecule has 1 saturated heterocycles. The maximum Gasteiger partial charge on any atom is 0.265 e. The number of ether oxygens (including phenoxy) is 1. The highest BCUT2D eigenvalue weighted by Crippen LogP contribution is 2.36. The molecule has 0 radical (unpaired) electrons. The molecule has 3 fully saturated rings. The highest BCUT2D eigenvalue weighted by Gasteiger charge is 2.41. The minimum absolute atomic E-state index is 0.0857. The minimum atomic E-state index is -2.86. The van der Waals surface area contributed by atoms with Crippen LogP contribution in [0.25, 0.3) is 0 Å². The first-order valence-corrected chi connectivity index (χ1v) is 11.0. The summed E-state index contributed by atoms with van der Waals surface area (Å²) in [5, 5.41) is 2.59. The van der Waals surface area contributed by atoms with Gasteiger partial charge in [0, 0.05) is 30.4 Å². The largest absolute Gasteiger partial charge is 0.370 e. The van der Waals surface area contributed by atoms with E-state index < -0.39 is 30.2 Å². The van der Waals surface area contributed by atoms with Crippen LogP contribution in [0.2, 0.25) is 0 Å². The smallest absolute Gasteiger partial charge is 0.265 e. The van der Waals surface area contributed by atoms with Gasteiger partial charge in [0.2, 0.25) is 5.91 Å². The molecule has 1 aliphatic heterocycles. The van der Waals surface area contributed by atoms with Gasteiger partial charge in [0.25, 0.3) is 18.2 Å². The molecule has 4 rings (SSSR count). The van der Waals surface area contributed by atoms with Crippen LogP contribution < -0.4 is 16.0 Å². The summed E-state index contributed by atoms with van der Waals surface area (Å²) in [5.41, 5.74) is 5.44. The van der Waals surface area contributed by atoms with Crippen molar-refractivity contribution in [3.8, 4) is 0 Å². The van der Waals surface area contributed by atoms with Gasteiger partial charge in [0.1, 0.15) is 6.61 Å². The van der Waals surface area contributed by atoms with Crippen LogP contribution in [0.4, 0.5) is 20.2 Å². The Morgan fingerprint density at radius 1 is 1.25 bits per heavy atom. The van der Waals surface area contributed by atoms with Crippen molar-refractivity contribution in [3.05, 3.63) is 23.8 Å². The van der Waals surface area contributed by atoms with Crippen molar-refractivity contribution in [2.75, 3.05) is 36.5 Å². The number of halogens is 2. The Kier molecular flexibility index (Phi) is 6.71. The summed E-state index contributed by atoms with van der Waals surface area (Å²) in [6, 6.07) is 2.96. The van der Waals surface area contributed by atoms with Crippen molar-refractivity contribution in [2.45, 2.75) is 50.6 Å². The lowest BCUT2D eigenvalue weighted by Crippen LogP contribution is -2.57. The summed E-state index contributed by atoms with van der Waals surface area (Å²) >= 11 is 0. The number of amides is 3. The molecule has 0 unspecified atom stereocenters. The lowest BCUT2D eigenvalue weighted by molar-refractivity contribution is -0.135. The van der Waals surface area contributed by atoms with Gasteiger partial charge in [-0.3, -0.25) is 19.3 Å². The van der Waals surface area contributed by atoms with Gasteiger partial charge in [-0.1, -0.05) is 6.42 Å². The first-order chi connectivity index (χ1) is 15.3. The molecule has 3 aliphatic rings. The molecular weight excluding hydrogens is 422 g/mol. The zero-order valence-electron chi connectivity index (χ0n) is 17.8. The van der Waals surface area contributed by atoms with Crippen molar-refractivity contribution >= 4 is 29.1 Å². The second-order valence-corrected chi connectivity index (χ2v) is 8.69. The van der Waals surface area contributed by atoms with E-state index in [9.17, 15) is 23.2 Å². The van der Waals surface area contributed by atoms with Gasteiger partial charge in [-0.05, 0) is 49.8 Å². The fourth-order valence-electron chi connectivity index (χ4n) is 4.26. The molecule has 1 heterocycles. The van der Waals surface area contributed by atoms with Gasteiger partial charge in [-0.25, -0.2) is 8.78 Å². The average Bonchev–Trinajstić information content (AvgIpc) is 3.51. The average molecular weight is 450 g/mol. The monoisotopic (exact) mass is 450 g/mol. The van der Waals surface area contributed by atoms with Gasteiger partial charge in [0.15, 0.2) is 6.04 Å². The molecule has 174 valence electrons. The van der Waals surface area contributed by atoms with E-state index in [1.807, 2.05) is 4.90 Å². The standard InChI is InChI=1S/C22H28F2N4O4/c23-20(24)16-10-14(6-7-17(16)27-8-9-32-12-18(27)29)26-22(31)19(21(25)30)28(11-13-4-5-13)15-2-1-3-15/h6-7,10,13,15,19-20H,1-5,8-9,11-12H2,(H2,25,30)(H,26,31)/t19-/m1/s1. The van der Waals surface area contributed by atoms with Crippen molar-refractivity contribution in [1.29, 1.82) is 0 Å². The van der Waals surface area contributed by atoms with Crippen LogP contribution >= 0.6 is 0 Å². The Balaban J connectivity index is 1.54. The fraction of sp³-hybridized carbons (Fsp3) is 0.591. The van der Waals surface area contributed by atoms with Crippen LogP contribution in [-0.4, -0.2) is 61.0 Å². The fourth-order valence-corrected chi connectivity index (χ4v) is 4.26. The molecule has 0 spiro atoms. The Labute approximate surface area is 185 Å². The van der Waals surface area contributed by atoms with Gasteiger partial charge < -0.3 is 20.7 Å². The van der Waals surface area contributed by atoms with Crippen molar-refractivity contribution in [3.63, 3.8) is 0 Å². The van der Waals surface area contributed by atoms with E-state index >= 15 is 0 Å². The molecule has 1 atom stereocenters. The quantitative estimate of drug-likeness (QED) is 0.561. The number of nitrogens with one attached hydrogen (secondary N) is 1. The molecule has 3 N–H and O–H groups in total. The number of carbonyl (C=O) groups is 3. The molecule has 8 nitrogen and oxygen atoms in total. The second-order valence-electron chi connectivity index (χ2n) is 8.69. The van der Waals surface area contributed by atoms with E-state index in [2.05, 4.69) is 5.32 Å². The van der Waals surface area contributed by atoms with Gasteiger partial charge in [0.05, 0.1) is 12.3 Å². The Morgan fingerprint density at radius 2 is 2.00 bits per heavy atom. The van der Waals surface area contributed by atoms with Crippen LogP contribution in [0.15, 0.2) is 18.2 Å². The number of benzene rings is 1. The summed E-state index contributed by atoms with van der Waals surface area (Å²) in [7, 11) is 0. The predicted octanol–water partition coefficient (Wildman–Crippen LogP) is 2.04. The third-order valence-corrected chi connectivity index (χ3v) is 6.37. The lowest BCUT2D eigenvalue weighted by Gasteiger charge is -2.40. The van der Waals surface area contributed by atoms with E-state index in [0.29, 0.717) is 12.5 Å². The van der Waals surface area contributed by atoms with Gasteiger partial charge >= 0.3 is 0 Å². The zero-order chi connectivity index (χ0) is 22.8. The molecule has 0 aromatic heterocycles. The summed E-state index contributed by atoms with van der Waals surface area (Å²) < 4.78 is 32.6. The topological polar surface area (TPSA) is 105 Å². The second kappa shape index (κ2) is 9.50. The maximum atomic E-state index is 13.8. The molecule has 32 heavy (non-hydrogen) atoms. The third kappa shape index (κ3) is 4.91. The molecule has 1 aromatic rings. The van der Waals surface area contributed by atoms with Crippen LogP contribution in [0.3, 0.4) is 0 Å². The normalized spacial score (nSPS) is 20.4. The molecule has 3 amide bonds. The number of anilines is 2. The van der Waals surface area contributed by atoms with Crippen LogP contribution in [0.1, 0.15) is 44.1 Å². The number of carbonyl (C=O) groups excluding carboxylic acids is 3. The number of morpholine rings is 1. The first kappa shape index (κ1) is 22.6. The summed E-state index contributed by atoms with van der Waals surface area (Å²) in [6.45, 7) is 0.891. The van der Waals surface area contributed by atoms with E-state index in [1.165, 1.54) is 17.0 Å². The van der Waals surface area contributed by atoms with Crippen molar-refractivity contribution in [2.24, 2.45) is 11.7 Å². The van der Waals surface area contributed by atoms with E-state index in [4.69, 9.17) is 10.5 Å². The summed E-state index contributed by atoms with van der Waals surface area (Å²) in [4.78, 5) is 40.5. The van der Waals surface area contributed by atoms with Crippen molar-refractivity contribution < 1.29 is 27.9 Å². The van der Waals surface area contributed by atoms with Crippen LogP contribution in [0, 0.1) is 5.92 Å². The molecule has 0 bridgehead atoms. The number of nitrogens with zero attached hydrogens (tertiary/aromatic N) is 2. The summed E-state index contributed by atoms with van der Waals surface area (Å²) in [5.74, 6) is -1.32. The van der Waals surface area contributed by atoms with E-state index in [0.717, 1.165) is 38.2 Å². The summed E-state index contributed by atoms with van der Waals surface area (Å²) in [6.07, 6.45) is 2.12. The number of alkyl halides is 2. The Bertz CT molecular complexity index is 889. The van der Waals surface area contributed by atoms with Crippen LogP contribution in [-0.2, 0) is 19.1 Å². The minimum Gasteiger partial charge on any atom is -0.370 e. The highest BCUT2D eigenvalue weighted by atomic mass is 19.3. The number of hydrogen-bond donors (Lipinski definition) is 2. The molecule has 1 aromatic carbocycles. The van der Waals surface area contributed by atoms with Gasteiger partial charge in [-0.2, -0.15) is 0 Å². The predicted molar refractivity (Wildman–Crippen MR) is 113 cm³/mol. The maximum absolute atomic E-state index is 13.8. The highest BCUT2D eigenvalue weighted by molar-refractivity contribution is 6.09. The van der Waals surface area contributed by atoms with E-state index in [1.54, 1.807) is 0 Å². The molecule has 2 aliphatic carbocycles. The molecule has 10 heteroatoms. The number of primary amides is 1. The number of rotatable bonds is 9. The number of nitrogens with two attached hydrogens (primary N) is 1. The van der Waals surface area contributed by atoms with Gasteiger partial charge in [-0.15, -0.1) is 0 Å². The molecule has 2 saturated carbocycles.